The van der Waals surface area contributed by atoms with Crippen molar-refractivity contribution >= 4 is 24.2 Å². The number of nitrogens with zero attached hydrogens (tertiary/aromatic N) is 2. The Morgan fingerprint density at radius 3 is 2.42 bits per heavy atom. The van der Waals surface area contributed by atoms with E-state index in [1.165, 1.54) is 11.9 Å². The number of nitrogens with one attached hydrogen (secondary N) is 1. The molecular weight excluding hydrogens is 347 g/mol. The monoisotopic (exact) mass is 371 g/mol. The van der Waals surface area contributed by atoms with Gasteiger partial charge in [0.1, 0.15) is 0 Å². The summed E-state index contributed by atoms with van der Waals surface area (Å²) in [4.78, 5) is 27.5. The predicted octanol–water partition coefficient (Wildman–Crippen LogP) is 1.67. The number of rotatable bonds is 3. The van der Waals surface area contributed by atoms with Crippen LogP contribution in [0.2, 0.25) is 0 Å². The quantitative estimate of drug-likeness (QED) is 0.821. The molecule has 1 aliphatic heterocycles. The number of alkyl halides is 3. The highest BCUT2D eigenvalue weighted by molar-refractivity contribution is 5.86. The van der Waals surface area contributed by atoms with Crippen LogP contribution in [-0.4, -0.2) is 67.6 Å². The molecule has 24 heavy (non-hydrogen) atoms. The van der Waals surface area contributed by atoms with Crippen molar-refractivity contribution in [3.63, 3.8) is 0 Å². The van der Waals surface area contributed by atoms with Gasteiger partial charge in [0.15, 0.2) is 0 Å². The molecule has 2 amide bonds. The molecule has 1 N–H and O–H groups in total. The molecule has 2 unspecified atom stereocenters. The van der Waals surface area contributed by atoms with Crippen molar-refractivity contribution in [2.45, 2.75) is 31.9 Å². The summed E-state index contributed by atoms with van der Waals surface area (Å²) in [6.45, 7) is 2.57. The van der Waals surface area contributed by atoms with Gasteiger partial charge in [-0.2, -0.15) is 13.2 Å². The van der Waals surface area contributed by atoms with Gasteiger partial charge in [-0.15, -0.1) is 12.4 Å². The first-order valence-electron chi connectivity index (χ1n) is 8.09. The number of carbonyl (C=O) groups is 2. The van der Waals surface area contributed by atoms with Crippen molar-refractivity contribution in [2.24, 2.45) is 11.8 Å². The highest BCUT2D eigenvalue weighted by Crippen LogP contribution is 2.40. The van der Waals surface area contributed by atoms with Gasteiger partial charge < -0.3 is 15.1 Å². The summed E-state index contributed by atoms with van der Waals surface area (Å²) in [5, 5.41) is 3.14. The molecular formula is C15H25ClF3N3O2. The average molecular weight is 372 g/mol. The van der Waals surface area contributed by atoms with E-state index in [2.05, 4.69) is 5.32 Å². The number of hydrogen-bond acceptors (Lipinski definition) is 3. The van der Waals surface area contributed by atoms with Crippen LogP contribution < -0.4 is 5.32 Å². The Labute approximate surface area is 146 Å². The lowest BCUT2D eigenvalue weighted by atomic mass is 9.80. The van der Waals surface area contributed by atoms with Crippen molar-refractivity contribution in [1.29, 1.82) is 0 Å². The van der Waals surface area contributed by atoms with E-state index >= 15 is 0 Å². The number of hydrogen-bond donors (Lipinski definition) is 1. The first kappa shape index (κ1) is 21.0. The van der Waals surface area contributed by atoms with E-state index in [-0.39, 0.29) is 43.6 Å². The third kappa shape index (κ3) is 5.51. The Hall–Kier alpha value is -1.02. The number of likely N-dealkylation sites (N-methyl/N-ethyl adjacent to an activating group) is 1. The smallest absolute Gasteiger partial charge is 0.339 e. The van der Waals surface area contributed by atoms with Crippen molar-refractivity contribution in [2.75, 3.05) is 39.8 Å². The Morgan fingerprint density at radius 2 is 1.83 bits per heavy atom. The van der Waals surface area contributed by atoms with Crippen molar-refractivity contribution in [3.8, 4) is 0 Å². The van der Waals surface area contributed by atoms with Crippen molar-refractivity contribution in [3.05, 3.63) is 0 Å². The highest BCUT2D eigenvalue weighted by atomic mass is 35.5. The molecule has 1 saturated heterocycles. The molecule has 2 aliphatic rings. The van der Waals surface area contributed by atoms with Gasteiger partial charge in [0.25, 0.3) is 0 Å². The summed E-state index contributed by atoms with van der Waals surface area (Å²) in [6, 6.07) is 0. The van der Waals surface area contributed by atoms with Crippen LogP contribution in [0.25, 0.3) is 0 Å². The molecule has 140 valence electrons. The van der Waals surface area contributed by atoms with Gasteiger partial charge in [0.2, 0.25) is 11.8 Å². The first-order valence-corrected chi connectivity index (χ1v) is 8.09. The standard InChI is InChI=1S/C15H24F3N3O2.ClH/c1-20(10-13(22)21-7-5-19-6-8-21)14(23)11-3-2-4-12(9-11)15(16,17)18;/h11-12,19H,2-10H2,1H3;1H. The third-order valence-corrected chi connectivity index (χ3v) is 4.70. The van der Waals surface area contributed by atoms with Crippen LogP contribution in [-0.2, 0) is 9.59 Å². The maximum atomic E-state index is 12.8. The number of piperazine rings is 1. The van der Waals surface area contributed by atoms with Crippen LogP contribution in [0.4, 0.5) is 13.2 Å². The van der Waals surface area contributed by atoms with Crippen molar-refractivity contribution < 1.29 is 22.8 Å². The van der Waals surface area contributed by atoms with Crippen molar-refractivity contribution in [1.82, 2.24) is 15.1 Å². The summed E-state index contributed by atoms with van der Waals surface area (Å²) in [6.07, 6.45) is -3.43. The largest absolute Gasteiger partial charge is 0.391 e. The highest BCUT2D eigenvalue weighted by Gasteiger charge is 2.44. The molecule has 2 fully saturated rings. The first-order chi connectivity index (χ1) is 10.8. The van der Waals surface area contributed by atoms with Gasteiger partial charge in [-0.25, -0.2) is 0 Å². The van der Waals surface area contributed by atoms with Gasteiger partial charge in [-0.05, 0) is 19.3 Å². The van der Waals surface area contributed by atoms with E-state index in [1.807, 2.05) is 0 Å². The van der Waals surface area contributed by atoms with Gasteiger partial charge in [0.05, 0.1) is 12.5 Å². The molecule has 0 spiro atoms. The Balaban J connectivity index is 0.00000288. The summed E-state index contributed by atoms with van der Waals surface area (Å²) >= 11 is 0. The normalized spacial score (nSPS) is 24.9. The topological polar surface area (TPSA) is 52.7 Å². The van der Waals surface area contributed by atoms with Crippen LogP contribution in [0.15, 0.2) is 0 Å². The van der Waals surface area contributed by atoms with Gasteiger partial charge in [0, 0.05) is 39.1 Å². The van der Waals surface area contributed by atoms with E-state index in [9.17, 15) is 22.8 Å². The summed E-state index contributed by atoms with van der Waals surface area (Å²) in [5.74, 6) is -2.52. The molecule has 2 atom stereocenters. The Morgan fingerprint density at radius 1 is 1.21 bits per heavy atom. The lowest BCUT2D eigenvalue weighted by Crippen LogP contribution is -2.50. The molecule has 2 rings (SSSR count). The zero-order valence-corrected chi connectivity index (χ0v) is 14.6. The molecule has 0 radical (unpaired) electrons. The number of halogens is 4. The molecule has 0 bridgehead atoms. The fourth-order valence-corrected chi connectivity index (χ4v) is 3.32. The van der Waals surface area contributed by atoms with E-state index in [4.69, 9.17) is 0 Å². The van der Waals surface area contributed by atoms with E-state index in [1.54, 1.807) is 4.90 Å². The zero-order chi connectivity index (χ0) is 17.0. The predicted molar refractivity (Wildman–Crippen MR) is 85.8 cm³/mol. The molecule has 0 aromatic carbocycles. The fraction of sp³-hybridized carbons (Fsp3) is 0.867. The lowest BCUT2D eigenvalue weighted by Gasteiger charge is -2.33. The molecule has 1 aliphatic carbocycles. The third-order valence-electron chi connectivity index (χ3n) is 4.70. The average Bonchev–Trinajstić information content (AvgIpc) is 2.54. The van der Waals surface area contributed by atoms with Crippen LogP contribution in [0.3, 0.4) is 0 Å². The van der Waals surface area contributed by atoms with Crippen LogP contribution in [0.5, 0.6) is 0 Å². The summed E-state index contributed by atoms with van der Waals surface area (Å²) in [7, 11) is 1.50. The number of amides is 2. The Bertz CT molecular complexity index is 442. The maximum Gasteiger partial charge on any atom is 0.391 e. The second-order valence-electron chi connectivity index (χ2n) is 6.43. The van der Waals surface area contributed by atoms with E-state index in [0.29, 0.717) is 25.9 Å². The molecule has 0 aromatic rings. The van der Waals surface area contributed by atoms with Gasteiger partial charge >= 0.3 is 6.18 Å². The van der Waals surface area contributed by atoms with Crippen LogP contribution in [0.1, 0.15) is 25.7 Å². The second-order valence-corrected chi connectivity index (χ2v) is 6.43. The van der Waals surface area contributed by atoms with Crippen LogP contribution >= 0.6 is 12.4 Å². The number of carbonyl (C=O) groups excluding carboxylic acids is 2. The minimum absolute atomic E-state index is 0. The molecule has 9 heteroatoms. The SMILES string of the molecule is CN(CC(=O)N1CCNCC1)C(=O)C1CCCC(C(F)(F)F)C1.Cl. The lowest BCUT2D eigenvalue weighted by molar-refractivity contribution is -0.187. The van der Waals surface area contributed by atoms with Gasteiger partial charge in [-0.1, -0.05) is 6.42 Å². The van der Waals surface area contributed by atoms with Gasteiger partial charge in [-0.3, -0.25) is 9.59 Å². The molecule has 1 heterocycles. The van der Waals surface area contributed by atoms with E-state index < -0.39 is 18.0 Å². The minimum Gasteiger partial charge on any atom is -0.339 e. The second kappa shape index (κ2) is 8.89. The molecule has 5 nitrogen and oxygen atoms in total. The maximum absolute atomic E-state index is 12.8. The molecule has 0 aromatic heterocycles. The fourth-order valence-electron chi connectivity index (χ4n) is 3.32. The molecule has 1 saturated carbocycles. The summed E-state index contributed by atoms with van der Waals surface area (Å²) in [5.41, 5.74) is 0. The summed E-state index contributed by atoms with van der Waals surface area (Å²) < 4.78 is 38.5. The zero-order valence-electron chi connectivity index (χ0n) is 13.8. The van der Waals surface area contributed by atoms with Crippen LogP contribution in [0, 0.1) is 11.8 Å². The van der Waals surface area contributed by atoms with E-state index in [0.717, 1.165) is 13.1 Å². The Kier molecular flexibility index (Phi) is 7.79. The minimum atomic E-state index is -4.24.